The van der Waals surface area contributed by atoms with Crippen molar-refractivity contribution in [2.24, 2.45) is 0 Å². The van der Waals surface area contributed by atoms with E-state index < -0.39 is 16.1 Å². The summed E-state index contributed by atoms with van der Waals surface area (Å²) >= 11 is 5.95. The Labute approximate surface area is 209 Å². The van der Waals surface area contributed by atoms with Crippen LogP contribution in [0, 0.1) is 0 Å². The molecule has 1 unspecified atom stereocenters. The van der Waals surface area contributed by atoms with Crippen molar-refractivity contribution in [3.8, 4) is 17.2 Å². The fourth-order valence-electron chi connectivity index (χ4n) is 3.83. The molecule has 0 saturated carbocycles. The molecule has 0 bridgehead atoms. The number of nitrogens with zero attached hydrogens (tertiary/aromatic N) is 1. The van der Waals surface area contributed by atoms with Crippen LogP contribution < -0.4 is 18.9 Å². The minimum absolute atomic E-state index is 0.0493. The molecule has 3 aromatic rings. The van der Waals surface area contributed by atoms with Crippen molar-refractivity contribution in [2.45, 2.75) is 31.0 Å². The largest absolute Gasteiger partial charge is 0.497 e. The van der Waals surface area contributed by atoms with E-state index in [4.69, 9.17) is 25.8 Å². The number of rotatable bonds is 7. The predicted molar refractivity (Wildman–Crippen MR) is 133 cm³/mol. The van der Waals surface area contributed by atoms with Gasteiger partial charge in [-0.25, -0.2) is 8.42 Å². The third kappa shape index (κ3) is 5.47. The third-order valence-electron chi connectivity index (χ3n) is 5.60. The van der Waals surface area contributed by atoms with E-state index in [2.05, 4.69) is 4.72 Å². The van der Waals surface area contributed by atoms with E-state index in [0.29, 0.717) is 33.5 Å². The maximum Gasteiger partial charge on any atom is 0.263 e. The van der Waals surface area contributed by atoms with E-state index >= 15 is 0 Å². The fraction of sp³-hybridized carbons (Fsp3) is 0.240. The predicted octanol–water partition coefficient (Wildman–Crippen LogP) is 4.47. The molecule has 8 nitrogen and oxygen atoms in total. The molecule has 4 rings (SSSR count). The number of hydrogen-bond acceptors (Lipinski definition) is 6. The van der Waals surface area contributed by atoms with Gasteiger partial charge in [-0.1, -0.05) is 17.7 Å². The number of sulfonamides is 1. The molecule has 1 aliphatic rings. The Kier molecular flexibility index (Phi) is 7.09. The van der Waals surface area contributed by atoms with Crippen LogP contribution in [0.3, 0.4) is 0 Å². The zero-order chi connectivity index (χ0) is 25.2. The highest BCUT2D eigenvalue weighted by Crippen LogP contribution is 2.32. The summed E-state index contributed by atoms with van der Waals surface area (Å²) in [7, 11) is -0.727. The fourth-order valence-corrected chi connectivity index (χ4v) is 5.18. The second-order valence-electron chi connectivity index (χ2n) is 8.02. The molecule has 184 valence electrons. The van der Waals surface area contributed by atoms with Crippen molar-refractivity contribution in [3.63, 3.8) is 0 Å². The maximum atomic E-state index is 13.1. The molecular weight excluding hydrogens is 492 g/mol. The molecule has 0 fully saturated rings. The van der Waals surface area contributed by atoms with Gasteiger partial charge in [0, 0.05) is 41.0 Å². The van der Waals surface area contributed by atoms with Gasteiger partial charge in [0.25, 0.3) is 15.9 Å². The van der Waals surface area contributed by atoms with Gasteiger partial charge in [0.15, 0.2) is 6.10 Å². The van der Waals surface area contributed by atoms with Gasteiger partial charge in [-0.05, 0) is 55.5 Å². The van der Waals surface area contributed by atoms with E-state index in [-0.39, 0.29) is 23.9 Å². The third-order valence-corrected chi connectivity index (χ3v) is 7.21. The van der Waals surface area contributed by atoms with E-state index in [1.807, 2.05) is 6.07 Å². The molecule has 35 heavy (non-hydrogen) atoms. The lowest BCUT2D eigenvalue weighted by molar-refractivity contribution is -0.138. The number of halogens is 1. The summed E-state index contributed by atoms with van der Waals surface area (Å²) in [5.41, 5.74) is 1.81. The van der Waals surface area contributed by atoms with Crippen LogP contribution in [0.5, 0.6) is 17.2 Å². The minimum Gasteiger partial charge on any atom is -0.497 e. The summed E-state index contributed by atoms with van der Waals surface area (Å²) < 4.78 is 44.8. The lowest BCUT2D eigenvalue weighted by Crippen LogP contribution is -2.37. The molecule has 0 radical (unpaired) electrons. The Hall–Kier alpha value is -3.43. The molecule has 0 spiro atoms. The van der Waals surface area contributed by atoms with Gasteiger partial charge in [-0.15, -0.1) is 0 Å². The normalized spacial score (nSPS) is 15.6. The zero-order valence-corrected chi connectivity index (χ0v) is 21.0. The quantitative estimate of drug-likeness (QED) is 0.498. The summed E-state index contributed by atoms with van der Waals surface area (Å²) in [4.78, 5) is 14.8. The monoisotopic (exact) mass is 516 g/mol. The first-order valence-electron chi connectivity index (χ1n) is 10.8. The van der Waals surface area contributed by atoms with Crippen LogP contribution in [0.2, 0.25) is 5.02 Å². The smallest absolute Gasteiger partial charge is 0.263 e. The van der Waals surface area contributed by atoms with E-state index in [1.54, 1.807) is 68.5 Å². The molecule has 1 amide bonds. The van der Waals surface area contributed by atoms with Crippen molar-refractivity contribution in [1.82, 2.24) is 4.90 Å². The summed E-state index contributed by atoms with van der Waals surface area (Å²) in [6.07, 6.45) is -0.713. The summed E-state index contributed by atoms with van der Waals surface area (Å²) in [6.45, 7) is 2.18. The number of carbonyl (C=O) groups is 1. The zero-order valence-electron chi connectivity index (χ0n) is 19.4. The van der Waals surface area contributed by atoms with E-state index in [1.165, 1.54) is 12.1 Å². The van der Waals surface area contributed by atoms with Crippen molar-refractivity contribution >= 4 is 33.2 Å². The standard InChI is InChI=1S/C25H25ClN2O6S/c1-16-25(29)28(14-17-7-9-21(32-2)13-24(17)33-3)15-18-11-20(8-10-23(18)34-16)27-35(30,31)22-6-4-5-19(26)12-22/h4-13,16,27H,14-15H2,1-3H3. The Balaban J connectivity index is 1.62. The summed E-state index contributed by atoms with van der Waals surface area (Å²) in [6, 6.07) is 16.3. The number of amides is 1. The number of anilines is 1. The van der Waals surface area contributed by atoms with Crippen LogP contribution in [0.4, 0.5) is 5.69 Å². The van der Waals surface area contributed by atoms with Crippen LogP contribution in [-0.2, 0) is 27.9 Å². The van der Waals surface area contributed by atoms with Gasteiger partial charge in [-0.2, -0.15) is 0 Å². The van der Waals surface area contributed by atoms with Crippen LogP contribution in [-0.4, -0.2) is 39.5 Å². The average Bonchev–Trinajstić information content (AvgIpc) is 2.95. The maximum absolute atomic E-state index is 13.1. The number of benzene rings is 3. The molecule has 0 saturated heterocycles. The topological polar surface area (TPSA) is 94.2 Å². The second-order valence-corrected chi connectivity index (χ2v) is 10.1. The first-order chi connectivity index (χ1) is 16.7. The van der Waals surface area contributed by atoms with Crippen LogP contribution in [0.15, 0.2) is 65.6 Å². The molecule has 1 aliphatic heterocycles. The second kappa shape index (κ2) is 10.1. The van der Waals surface area contributed by atoms with Crippen molar-refractivity contribution in [2.75, 3.05) is 18.9 Å². The highest BCUT2D eigenvalue weighted by molar-refractivity contribution is 7.92. The summed E-state index contributed by atoms with van der Waals surface area (Å²) in [5, 5.41) is 0.320. The molecule has 0 aromatic heterocycles. The number of nitrogens with one attached hydrogen (secondary N) is 1. The molecule has 3 aromatic carbocycles. The van der Waals surface area contributed by atoms with Gasteiger partial charge in [0.05, 0.1) is 19.1 Å². The molecule has 0 aliphatic carbocycles. The lowest BCUT2D eigenvalue weighted by atomic mass is 10.1. The minimum atomic E-state index is -3.85. The van der Waals surface area contributed by atoms with Crippen molar-refractivity contribution in [1.29, 1.82) is 0 Å². The molecule has 10 heteroatoms. The number of fused-ring (bicyclic) bond motifs is 1. The first-order valence-corrected chi connectivity index (χ1v) is 12.6. The Bertz CT molecular complexity index is 1360. The summed E-state index contributed by atoms with van der Waals surface area (Å²) in [5.74, 6) is 1.56. The molecule has 1 N–H and O–H groups in total. The van der Waals surface area contributed by atoms with E-state index in [0.717, 1.165) is 5.56 Å². The number of methoxy groups -OCH3 is 2. The highest BCUT2D eigenvalue weighted by atomic mass is 35.5. The van der Waals surface area contributed by atoms with Gasteiger partial charge in [-0.3, -0.25) is 9.52 Å². The molecular formula is C25H25ClN2O6S. The number of hydrogen-bond donors (Lipinski definition) is 1. The molecule has 1 atom stereocenters. The highest BCUT2D eigenvalue weighted by Gasteiger charge is 2.29. The van der Waals surface area contributed by atoms with Crippen LogP contribution >= 0.6 is 11.6 Å². The molecule has 1 heterocycles. The lowest BCUT2D eigenvalue weighted by Gasteiger charge is -2.23. The first kappa shape index (κ1) is 24.7. The van der Waals surface area contributed by atoms with Gasteiger partial charge in [0.1, 0.15) is 17.2 Å². The van der Waals surface area contributed by atoms with E-state index in [9.17, 15) is 13.2 Å². The Morgan fingerprint density at radius 2 is 1.89 bits per heavy atom. The van der Waals surface area contributed by atoms with Gasteiger partial charge < -0.3 is 19.1 Å². The number of ether oxygens (including phenoxy) is 3. The van der Waals surface area contributed by atoms with Crippen LogP contribution in [0.25, 0.3) is 0 Å². The van der Waals surface area contributed by atoms with Crippen molar-refractivity contribution in [3.05, 3.63) is 76.8 Å². The van der Waals surface area contributed by atoms with Gasteiger partial charge >= 0.3 is 0 Å². The van der Waals surface area contributed by atoms with Gasteiger partial charge in [0.2, 0.25) is 0 Å². The van der Waals surface area contributed by atoms with Crippen LogP contribution in [0.1, 0.15) is 18.1 Å². The average molecular weight is 517 g/mol. The number of carbonyl (C=O) groups excluding carboxylic acids is 1. The SMILES string of the molecule is COc1ccc(CN2Cc3cc(NS(=O)(=O)c4cccc(Cl)c4)ccc3OC(C)C2=O)c(OC)c1. The Morgan fingerprint density at radius 1 is 1.09 bits per heavy atom. The van der Waals surface area contributed by atoms with Crippen molar-refractivity contribution < 1.29 is 27.4 Å². The Morgan fingerprint density at radius 3 is 2.60 bits per heavy atom.